The van der Waals surface area contributed by atoms with Crippen molar-refractivity contribution in [3.63, 3.8) is 0 Å². The number of hydrogen-bond acceptors (Lipinski definition) is 4. The van der Waals surface area contributed by atoms with Crippen LogP contribution in [0.2, 0.25) is 0 Å². The molecule has 3 aromatic rings. The number of aromatic nitrogens is 1. The van der Waals surface area contributed by atoms with Crippen LogP contribution in [0, 0.1) is 12.8 Å². The summed E-state index contributed by atoms with van der Waals surface area (Å²) >= 11 is 0. The molecular formula is C25H29N3O2. The topological polar surface area (TPSA) is 63.2 Å². The van der Waals surface area contributed by atoms with E-state index in [4.69, 9.17) is 9.72 Å². The fourth-order valence-corrected chi connectivity index (χ4v) is 4.03. The van der Waals surface area contributed by atoms with E-state index in [0.717, 1.165) is 60.4 Å². The highest BCUT2D eigenvalue weighted by atomic mass is 16.5. The third-order valence-electron chi connectivity index (χ3n) is 5.86. The molecule has 1 aromatic heterocycles. The minimum atomic E-state index is -0.145. The van der Waals surface area contributed by atoms with Gasteiger partial charge in [0.25, 0.3) is 5.91 Å². The molecule has 30 heavy (non-hydrogen) atoms. The Labute approximate surface area is 177 Å². The van der Waals surface area contributed by atoms with Gasteiger partial charge in [-0.25, -0.2) is 4.98 Å². The maximum atomic E-state index is 12.8. The first kappa shape index (κ1) is 20.4. The number of benzene rings is 2. The van der Waals surface area contributed by atoms with Crippen LogP contribution in [0.4, 0.5) is 5.82 Å². The van der Waals surface area contributed by atoms with Crippen molar-refractivity contribution in [3.05, 3.63) is 71.3 Å². The molecule has 1 fully saturated rings. The van der Waals surface area contributed by atoms with Gasteiger partial charge >= 0.3 is 0 Å². The standard InChI is InChI=1S/C25H29N3O2/c1-17-7-3-4-8-20(17)25(29)27-18(2)22-15-24(26-16-19-11-13-30-14-12-19)28-23-10-6-5-9-21(22)23/h3-10,15,18-19H,11-14,16H2,1-2H3,(H,26,28)(H,27,29). The number of aryl methyl sites for hydroxylation is 1. The van der Waals surface area contributed by atoms with Gasteiger partial charge in [0, 0.05) is 30.7 Å². The first-order chi connectivity index (χ1) is 14.6. The normalized spacial score (nSPS) is 15.7. The van der Waals surface area contributed by atoms with Gasteiger partial charge in [-0.05, 0) is 61.9 Å². The average molecular weight is 404 g/mol. The zero-order chi connectivity index (χ0) is 20.9. The lowest BCUT2D eigenvalue weighted by atomic mass is 10.00. The molecule has 5 heteroatoms. The molecule has 0 spiro atoms. The molecule has 1 aliphatic heterocycles. The van der Waals surface area contributed by atoms with Gasteiger partial charge in [0.1, 0.15) is 5.82 Å². The van der Waals surface area contributed by atoms with Gasteiger partial charge in [-0.15, -0.1) is 0 Å². The van der Waals surface area contributed by atoms with E-state index in [0.29, 0.717) is 11.5 Å². The van der Waals surface area contributed by atoms with Crippen LogP contribution in [0.15, 0.2) is 54.6 Å². The molecule has 0 radical (unpaired) electrons. The number of rotatable bonds is 6. The summed E-state index contributed by atoms with van der Waals surface area (Å²) in [6.07, 6.45) is 2.16. The molecule has 5 nitrogen and oxygen atoms in total. The largest absolute Gasteiger partial charge is 0.381 e. The Bertz CT molecular complexity index is 1030. The van der Waals surface area contributed by atoms with Crippen LogP contribution < -0.4 is 10.6 Å². The van der Waals surface area contributed by atoms with Crippen LogP contribution in [0.1, 0.15) is 47.3 Å². The molecule has 1 saturated heterocycles. The first-order valence-electron chi connectivity index (χ1n) is 10.7. The third-order valence-corrected chi connectivity index (χ3v) is 5.86. The van der Waals surface area contributed by atoms with Gasteiger partial charge in [-0.2, -0.15) is 0 Å². The SMILES string of the molecule is Cc1ccccc1C(=O)NC(C)c1cc(NCC2CCOCC2)nc2ccccc12. The Morgan fingerprint density at radius 3 is 2.67 bits per heavy atom. The van der Waals surface area contributed by atoms with Crippen molar-refractivity contribution in [2.45, 2.75) is 32.7 Å². The minimum Gasteiger partial charge on any atom is -0.381 e. The van der Waals surface area contributed by atoms with Crippen LogP contribution >= 0.6 is 0 Å². The predicted octanol–water partition coefficient (Wildman–Crippen LogP) is 4.87. The summed E-state index contributed by atoms with van der Waals surface area (Å²) in [5, 5.41) is 7.75. The summed E-state index contributed by atoms with van der Waals surface area (Å²) in [5.41, 5.74) is 3.68. The number of carbonyl (C=O) groups excluding carboxylic acids is 1. The maximum Gasteiger partial charge on any atom is 0.252 e. The number of pyridine rings is 1. The van der Waals surface area contributed by atoms with Gasteiger partial charge < -0.3 is 15.4 Å². The molecule has 1 unspecified atom stereocenters. The van der Waals surface area contributed by atoms with Crippen molar-refractivity contribution in [2.24, 2.45) is 5.92 Å². The number of hydrogen-bond donors (Lipinski definition) is 2. The summed E-state index contributed by atoms with van der Waals surface area (Å²) in [7, 11) is 0. The zero-order valence-electron chi connectivity index (χ0n) is 17.7. The van der Waals surface area contributed by atoms with Gasteiger partial charge in [0.15, 0.2) is 0 Å². The Kier molecular flexibility index (Phi) is 6.29. The van der Waals surface area contributed by atoms with E-state index in [1.807, 2.05) is 56.3 Å². The lowest BCUT2D eigenvalue weighted by molar-refractivity contribution is 0.0699. The summed E-state index contributed by atoms with van der Waals surface area (Å²) < 4.78 is 5.46. The maximum absolute atomic E-state index is 12.8. The Morgan fingerprint density at radius 2 is 1.87 bits per heavy atom. The van der Waals surface area contributed by atoms with Gasteiger partial charge in [0.2, 0.25) is 0 Å². The molecule has 0 saturated carbocycles. The molecule has 0 aliphatic carbocycles. The highest BCUT2D eigenvalue weighted by Crippen LogP contribution is 2.27. The van der Waals surface area contributed by atoms with E-state index in [1.54, 1.807) is 0 Å². The number of nitrogens with zero attached hydrogens (tertiary/aromatic N) is 1. The van der Waals surface area contributed by atoms with Crippen molar-refractivity contribution in [1.29, 1.82) is 0 Å². The second-order valence-corrected chi connectivity index (χ2v) is 8.06. The molecule has 4 rings (SSSR count). The highest BCUT2D eigenvalue weighted by Gasteiger charge is 2.18. The van der Waals surface area contributed by atoms with Crippen molar-refractivity contribution in [1.82, 2.24) is 10.3 Å². The molecule has 0 bridgehead atoms. The van der Waals surface area contributed by atoms with Crippen LogP contribution in [-0.4, -0.2) is 30.6 Å². The van der Waals surface area contributed by atoms with Crippen LogP contribution in [0.5, 0.6) is 0 Å². The number of ether oxygens (including phenoxy) is 1. The fourth-order valence-electron chi connectivity index (χ4n) is 4.03. The van der Waals surface area contributed by atoms with E-state index in [-0.39, 0.29) is 11.9 Å². The molecule has 2 N–H and O–H groups in total. The molecule has 2 aromatic carbocycles. The molecule has 1 aliphatic rings. The Balaban J connectivity index is 1.56. The third kappa shape index (κ3) is 4.62. The van der Waals surface area contributed by atoms with Crippen molar-refractivity contribution in [2.75, 3.05) is 25.1 Å². The summed E-state index contributed by atoms with van der Waals surface area (Å²) in [5.74, 6) is 1.40. The number of carbonyl (C=O) groups is 1. The van der Waals surface area contributed by atoms with Crippen molar-refractivity contribution >= 4 is 22.6 Å². The molecule has 1 atom stereocenters. The number of amides is 1. The monoisotopic (exact) mass is 403 g/mol. The number of nitrogens with one attached hydrogen (secondary N) is 2. The van der Waals surface area contributed by atoms with E-state index in [2.05, 4.69) is 22.8 Å². The van der Waals surface area contributed by atoms with Crippen LogP contribution in [0.25, 0.3) is 10.9 Å². The molecule has 2 heterocycles. The van der Waals surface area contributed by atoms with Crippen molar-refractivity contribution < 1.29 is 9.53 Å². The lowest BCUT2D eigenvalue weighted by Crippen LogP contribution is -2.27. The predicted molar refractivity (Wildman–Crippen MR) is 121 cm³/mol. The molecular weight excluding hydrogens is 374 g/mol. The first-order valence-corrected chi connectivity index (χ1v) is 10.7. The Hall–Kier alpha value is -2.92. The lowest BCUT2D eigenvalue weighted by Gasteiger charge is -2.23. The van der Waals surface area contributed by atoms with E-state index < -0.39 is 0 Å². The number of anilines is 1. The second-order valence-electron chi connectivity index (χ2n) is 8.06. The fraction of sp³-hybridized carbons (Fsp3) is 0.360. The highest BCUT2D eigenvalue weighted by molar-refractivity contribution is 5.96. The van der Waals surface area contributed by atoms with E-state index in [9.17, 15) is 4.79 Å². The number of fused-ring (bicyclic) bond motifs is 1. The van der Waals surface area contributed by atoms with Crippen molar-refractivity contribution in [3.8, 4) is 0 Å². The zero-order valence-corrected chi connectivity index (χ0v) is 17.7. The van der Waals surface area contributed by atoms with Crippen LogP contribution in [0.3, 0.4) is 0 Å². The van der Waals surface area contributed by atoms with Gasteiger partial charge in [-0.1, -0.05) is 36.4 Å². The quantitative estimate of drug-likeness (QED) is 0.616. The number of para-hydroxylation sites is 1. The summed E-state index contributed by atoms with van der Waals surface area (Å²) in [6.45, 7) is 6.55. The second kappa shape index (κ2) is 9.26. The van der Waals surface area contributed by atoms with Gasteiger partial charge in [0.05, 0.1) is 11.6 Å². The van der Waals surface area contributed by atoms with E-state index in [1.165, 1.54) is 0 Å². The molecule has 1 amide bonds. The Morgan fingerprint density at radius 1 is 1.13 bits per heavy atom. The van der Waals surface area contributed by atoms with Crippen LogP contribution in [-0.2, 0) is 4.74 Å². The van der Waals surface area contributed by atoms with Gasteiger partial charge in [-0.3, -0.25) is 4.79 Å². The summed E-state index contributed by atoms with van der Waals surface area (Å²) in [4.78, 5) is 17.6. The average Bonchev–Trinajstić information content (AvgIpc) is 2.78. The smallest absolute Gasteiger partial charge is 0.252 e. The molecule has 156 valence electrons. The summed E-state index contributed by atoms with van der Waals surface area (Å²) in [6, 6.07) is 17.7. The van der Waals surface area contributed by atoms with E-state index >= 15 is 0 Å². The minimum absolute atomic E-state index is 0.0572.